The lowest BCUT2D eigenvalue weighted by molar-refractivity contribution is -0.139. The van der Waals surface area contributed by atoms with E-state index < -0.39 is 34.4 Å². The first-order chi connectivity index (χ1) is 17.8. The van der Waals surface area contributed by atoms with Crippen LogP contribution in [0, 0.1) is 20.8 Å². The van der Waals surface area contributed by atoms with Crippen molar-refractivity contribution in [1.29, 1.82) is 0 Å². The van der Waals surface area contributed by atoms with Crippen molar-refractivity contribution in [1.82, 2.24) is 10.2 Å². The van der Waals surface area contributed by atoms with Gasteiger partial charge in [-0.1, -0.05) is 53.0 Å². The molecule has 0 aliphatic carbocycles. The molecule has 0 unspecified atom stereocenters. The van der Waals surface area contributed by atoms with Gasteiger partial charge in [-0.15, -0.1) is 0 Å². The zero-order valence-electron chi connectivity index (χ0n) is 22.0. The van der Waals surface area contributed by atoms with Gasteiger partial charge in [-0.25, -0.2) is 8.42 Å². The Bertz CT molecular complexity index is 1420. The minimum absolute atomic E-state index is 0.0192. The Morgan fingerprint density at radius 1 is 0.895 bits per heavy atom. The molecule has 0 heterocycles. The summed E-state index contributed by atoms with van der Waals surface area (Å²) in [6.07, 6.45) is 0. The molecule has 3 aromatic carbocycles. The van der Waals surface area contributed by atoms with Crippen LogP contribution in [0.3, 0.4) is 0 Å². The number of likely N-dealkylation sites (N-methyl/N-ethyl adjacent to an activating group) is 1. The van der Waals surface area contributed by atoms with E-state index >= 15 is 0 Å². The van der Waals surface area contributed by atoms with E-state index in [1.165, 1.54) is 24.1 Å². The Labute approximate surface area is 234 Å². The number of amides is 2. The van der Waals surface area contributed by atoms with Crippen LogP contribution >= 0.6 is 23.2 Å². The largest absolute Gasteiger partial charge is 0.357 e. The topological polar surface area (TPSA) is 86.8 Å². The number of nitrogens with one attached hydrogen (secondary N) is 1. The Morgan fingerprint density at radius 2 is 1.50 bits per heavy atom. The minimum atomic E-state index is -4.13. The molecule has 0 saturated carbocycles. The first-order valence-corrected chi connectivity index (χ1v) is 14.2. The summed E-state index contributed by atoms with van der Waals surface area (Å²) in [5.74, 6) is -0.968. The second-order valence-corrected chi connectivity index (χ2v) is 11.9. The van der Waals surface area contributed by atoms with Gasteiger partial charge in [0.1, 0.15) is 12.6 Å². The number of rotatable bonds is 9. The first-order valence-electron chi connectivity index (χ1n) is 12.0. The van der Waals surface area contributed by atoms with Crippen molar-refractivity contribution >= 4 is 50.7 Å². The monoisotopic (exact) mass is 575 g/mol. The van der Waals surface area contributed by atoms with E-state index in [4.69, 9.17) is 23.2 Å². The fraction of sp³-hybridized carbons (Fsp3) is 0.286. The third-order valence-corrected chi connectivity index (χ3v) is 8.53. The predicted molar refractivity (Wildman–Crippen MR) is 152 cm³/mol. The maximum absolute atomic E-state index is 13.9. The van der Waals surface area contributed by atoms with Crippen molar-refractivity contribution in [2.24, 2.45) is 0 Å². The van der Waals surface area contributed by atoms with E-state index in [0.717, 1.165) is 21.0 Å². The molecule has 0 aromatic heterocycles. The number of hydrogen-bond donors (Lipinski definition) is 1. The number of carbonyl (C=O) groups is 2. The van der Waals surface area contributed by atoms with Crippen LogP contribution in [0.1, 0.15) is 29.2 Å². The SMILES string of the molecule is CNC(=O)[C@@H](C)N(Cc1ccc(Cl)cc1Cl)C(=O)CN(c1cc(C)cc(C)c1)S(=O)(=O)c1ccc(C)cc1. The van der Waals surface area contributed by atoms with Gasteiger partial charge < -0.3 is 10.2 Å². The third-order valence-electron chi connectivity index (χ3n) is 6.15. The van der Waals surface area contributed by atoms with E-state index in [1.54, 1.807) is 49.4 Å². The van der Waals surface area contributed by atoms with E-state index in [-0.39, 0.29) is 11.4 Å². The molecule has 0 radical (unpaired) electrons. The van der Waals surface area contributed by atoms with Crippen LogP contribution in [0.15, 0.2) is 65.6 Å². The van der Waals surface area contributed by atoms with Gasteiger partial charge in [0.05, 0.1) is 10.6 Å². The number of nitrogens with zero attached hydrogens (tertiary/aromatic N) is 2. The molecule has 0 aliphatic rings. The number of halogens is 2. The molecule has 38 heavy (non-hydrogen) atoms. The average molecular weight is 577 g/mol. The second kappa shape index (κ2) is 12.2. The molecule has 0 bridgehead atoms. The molecular formula is C28H31Cl2N3O4S. The Balaban J connectivity index is 2.08. The maximum Gasteiger partial charge on any atom is 0.264 e. The highest BCUT2D eigenvalue weighted by Gasteiger charge is 2.32. The predicted octanol–water partition coefficient (Wildman–Crippen LogP) is 5.28. The van der Waals surface area contributed by atoms with Crippen molar-refractivity contribution in [2.45, 2.75) is 45.2 Å². The zero-order valence-corrected chi connectivity index (χ0v) is 24.3. The summed E-state index contributed by atoms with van der Waals surface area (Å²) >= 11 is 12.4. The summed E-state index contributed by atoms with van der Waals surface area (Å²) in [6, 6.07) is 15.8. The summed E-state index contributed by atoms with van der Waals surface area (Å²) in [5.41, 5.74) is 3.52. The molecule has 0 fully saturated rings. The van der Waals surface area contributed by atoms with Gasteiger partial charge in [0.2, 0.25) is 11.8 Å². The van der Waals surface area contributed by atoms with E-state index in [2.05, 4.69) is 5.32 Å². The van der Waals surface area contributed by atoms with E-state index in [9.17, 15) is 18.0 Å². The molecule has 2 amide bonds. The van der Waals surface area contributed by atoms with Crippen LogP contribution in [0.2, 0.25) is 10.0 Å². The van der Waals surface area contributed by atoms with Gasteiger partial charge in [-0.05, 0) is 80.8 Å². The minimum Gasteiger partial charge on any atom is -0.357 e. The molecule has 0 spiro atoms. The molecule has 1 atom stereocenters. The quantitative estimate of drug-likeness (QED) is 0.376. The lowest BCUT2D eigenvalue weighted by Crippen LogP contribution is -2.50. The second-order valence-electron chi connectivity index (χ2n) is 9.22. The highest BCUT2D eigenvalue weighted by Crippen LogP contribution is 2.28. The Kier molecular flexibility index (Phi) is 9.46. The van der Waals surface area contributed by atoms with Gasteiger partial charge in [0.15, 0.2) is 0 Å². The molecular weight excluding hydrogens is 545 g/mol. The van der Waals surface area contributed by atoms with Crippen molar-refractivity contribution in [2.75, 3.05) is 17.9 Å². The highest BCUT2D eigenvalue weighted by molar-refractivity contribution is 7.92. The fourth-order valence-corrected chi connectivity index (χ4v) is 5.95. The van der Waals surface area contributed by atoms with Crippen molar-refractivity contribution < 1.29 is 18.0 Å². The first kappa shape index (κ1) is 29.5. The Hall–Kier alpha value is -3.07. The van der Waals surface area contributed by atoms with Crippen molar-refractivity contribution in [3.05, 3.63) is 93.0 Å². The van der Waals surface area contributed by atoms with E-state index in [0.29, 0.717) is 21.3 Å². The summed E-state index contributed by atoms with van der Waals surface area (Å²) in [4.78, 5) is 27.8. The molecule has 1 N–H and O–H groups in total. The molecule has 10 heteroatoms. The molecule has 7 nitrogen and oxygen atoms in total. The average Bonchev–Trinajstić information content (AvgIpc) is 2.85. The van der Waals surface area contributed by atoms with Crippen molar-refractivity contribution in [3.8, 4) is 0 Å². The van der Waals surface area contributed by atoms with Crippen LogP contribution in [0.5, 0.6) is 0 Å². The number of aryl methyl sites for hydroxylation is 3. The summed E-state index contributed by atoms with van der Waals surface area (Å²) in [5, 5.41) is 3.32. The van der Waals surface area contributed by atoms with Crippen molar-refractivity contribution in [3.63, 3.8) is 0 Å². The number of anilines is 1. The van der Waals surface area contributed by atoms with Crippen LogP contribution < -0.4 is 9.62 Å². The van der Waals surface area contributed by atoms with Crippen LogP contribution in [0.25, 0.3) is 0 Å². The summed E-state index contributed by atoms with van der Waals surface area (Å²) < 4.78 is 28.8. The van der Waals surface area contributed by atoms with Gasteiger partial charge in [0, 0.05) is 23.6 Å². The normalized spacial score (nSPS) is 12.1. The summed E-state index contributed by atoms with van der Waals surface area (Å²) in [7, 11) is -2.66. The lowest BCUT2D eigenvalue weighted by Gasteiger charge is -2.32. The molecule has 0 saturated heterocycles. The number of hydrogen-bond acceptors (Lipinski definition) is 4. The lowest BCUT2D eigenvalue weighted by atomic mass is 10.1. The smallest absolute Gasteiger partial charge is 0.264 e. The number of benzene rings is 3. The van der Waals surface area contributed by atoms with Gasteiger partial charge in [0.25, 0.3) is 10.0 Å². The summed E-state index contributed by atoms with van der Waals surface area (Å²) in [6.45, 7) is 6.62. The number of carbonyl (C=O) groups excluding carboxylic acids is 2. The van der Waals surface area contributed by atoms with Gasteiger partial charge in [-0.2, -0.15) is 0 Å². The maximum atomic E-state index is 13.9. The van der Waals surface area contributed by atoms with Crippen LogP contribution in [0.4, 0.5) is 5.69 Å². The van der Waals surface area contributed by atoms with Crippen LogP contribution in [-0.4, -0.2) is 44.8 Å². The van der Waals surface area contributed by atoms with E-state index in [1.807, 2.05) is 26.8 Å². The standard InChI is InChI=1S/C28H31Cl2N3O4S/c1-18-6-10-25(11-7-18)38(36,37)33(24-13-19(2)12-20(3)14-24)17-27(34)32(21(4)28(35)31-5)16-22-8-9-23(29)15-26(22)30/h6-15,21H,16-17H2,1-5H3,(H,31,35)/t21-/m1/s1. The van der Waals surface area contributed by atoms with Crippen LogP contribution in [-0.2, 0) is 26.2 Å². The molecule has 3 rings (SSSR count). The highest BCUT2D eigenvalue weighted by atomic mass is 35.5. The Morgan fingerprint density at radius 3 is 2.05 bits per heavy atom. The molecule has 3 aromatic rings. The third kappa shape index (κ3) is 6.87. The van der Waals surface area contributed by atoms with Gasteiger partial charge >= 0.3 is 0 Å². The van der Waals surface area contributed by atoms with Gasteiger partial charge in [-0.3, -0.25) is 13.9 Å². The molecule has 0 aliphatic heterocycles. The fourth-order valence-electron chi connectivity index (χ4n) is 4.09. The number of sulfonamides is 1. The molecule has 202 valence electrons. The zero-order chi connectivity index (χ0) is 28.2.